The zero-order valence-corrected chi connectivity index (χ0v) is 19.1. The Hall–Kier alpha value is -3.67. The number of amides is 1. The van der Waals surface area contributed by atoms with Gasteiger partial charge in [-0.2, -0.15) is 9.78 Å². The van der Waals surface area contributed by atoms with Crippen molar-refractivity contribution in [3.63, 3.8) is 0 Å². The van der Waals surface area contributed by atoms with E-state index in [4.69, 9.17) is 0 Å². The third-order valence-corrected chi connectivity index (χ3v) is 5.94. The van der Waals surface area contributed by atoms with Crippen LogP contribution in [0.15, 0.2) is 59.5 Å². The largest absolute Gasteiger partial charge is 0.335 e. The third-order valence-electron chi connectivity index (χ3n) is 5.94. The van der Waals surface area contributed by atoms with Crippen molar-refractivity contribution in [2.45, 2.75) is 47.1 Å². The Kier molecular flexibility index (Phi) is 5.70. The van der Waals surface area contributed by atoms with Gasteiger partial charge >= 0.3 is 0 Å². The summed E-state index contributed by atoms with van der Waals surface area (Å²) >= 11 is 0. The molecule has 0 aliphatic rings. The number of fused-ring (bicyclic) bond motifs is 1. The van der Waals surface area contributed by atoms with Gasteiger partial charge in [-0.05, 0) is 69.5 Å². The van der Waals surface area contributed by atoms with Gasteiger partial charge in [0.2, 0.25) is 5.91 Å². The number of nitrogens with one attached hydrogen (secondary N) is 1. The lowest BCUT2D eigenvalue weighted by atomic mass is 10.1. The predicted octanol–water partition coefficient (Wildman–Crippen LogP) is 5.01. The van der Waals surface area contributed by atoms with Crippen molar-refractivity contribution in [1.82, 2.24) is 14.3 Å². The molecule has 1 amide bonds. The van der Waals surface area contributed by atoms with Crippen LogP contribution in [0.25, 0.3) is 16.5 Å². The van der Waals surface area contributed by atoms with Gasteiger partial charge in [0.05, 0.1) is 17.3 Å². The van der Waals surface area contributed by atoms with Crippen LogP contribution in [-0.4, -0.2) is 20.3 Å². The maximum absolute atomic E-state index is 13.3. The molecule has 0 unspecified atom stereocenters. The number of carbonyl (C=O) groups excluding carboxylic acids is 1. The molecule has 0 saturated heterocycles. The molecule has 0 saturated carbocycles. The summed E-state index contributed by atoms with van der Waals surface area (Å²) in [4.78, 5) is 26.6. The Morgan fingerprint density at radius 2 is 1.66 bits per heavy atom. The zero-order valence-electron chi connectivity index (χ0n) is 19.1. The molecule has 2 aromatic heterocycles. The molecule has 4 rings (SSSR count). The SMILES string of the molecule is CC[C@H](C(=O)Nc1cc(C)cc(C)c1)n1c(C)c2cnn(-c3ccccc3)c(=O)c2c1C. The van der Waals surface area contributed by atoms with Crippen molar-refractivity contribution in [3.05, 3.63) is 87.6 Å². The van der Waals surface area contributed by atoms with Crippen LogP contribution in [0.3, 0.4) is 0 Å². The molecule has 0 bridgehead atoms. The number of para-hydroxylation sites is 1. The molecular formula is C26H28N4O2. The molecule has 6 nitrogen and oxygen atoms in total. The first-order chi connectivity index (χ1) is 15.3. The molecule has 32 heavy (non-hydrogen) atoms. The van der Waals surface area contributed by atoms with Gasteiger partial charge in [0, 0.05) is 22.5 Å². The fourth-order valence-electron chi connectivity index (χ4n) is 4.56. The van der Waals surface area contributed by atoms with Crippen LogP contribution in [0.5, 0.6) is 0 Å². The predicted molar refractivity (Wildman–Crippen MR) is 129 cm³/mol. The van der Waals surface area contributed by atoms with Crippen LogP contribution in [-0.2, 0) is 4.79 Å². The van der Waals surface area contributed by atoms with Crippen LogP contribution in [0.4, 0.5) is 5.69 Å². The summed E-state index contributed by atoms with van der Waals surface area (Å²) in [7, 11) is 0. The second-order valence-corrected chi connectivity index (χ2v) is 8.32. The molecule has 0 aliphatic heterocycles. The molecule has 1 atom stereocenters. The van der Waals surface area contributed by atoms with E-state index in [-0.39, 0.29) is 11.5 Å². The van der Waals surface area contributed by atoms with E-state index in [0.29, 0.717) is 17.5 Å². The molecule has 1 N–H and O–H groups in total. The number of benzene rings is 2. The quantitative estimate of drug-likeness (QED) is 0.486. The first-order valence-corrected chi connectivity index (χ1v) is 10.9. The van der Waals surface area contributed by atoms with Crippen molar-refractivity contribution < 1.29 is 4.79 Å². The van der Waals surface area contributed by atoms with E-state index in [9.17, 15) is 9.59 Å². The van der Waals surface area contributed by atoms with Crippen molar-refractivity contribution in [3.8, 4) is 5.69 Å². The number of hydrogen-bond donors (Lipinski definition) is 1. The van der Waals surface area contributed by atoms with Crippen LogP contribution in [0.1, 0.15) is 41.9 Å². The second kappa shape index (κ2) is 8.46. The van der Waals surface area contributed by atoms with Gasteiger partial charge in [0.25, 0.3) is 5.56 Å². The topological polar surface area (TPSA) is 68.9 Å². The van der Waals surface area contributed by atoms with E-state index in [1.54, 1.807) is 6.20 Å². The van der Waals surface area contributed by atoms with Crippen molar-refractivity contribution >= 4 is 22.4 Å². The number of nitrogens with zero attached hydrogens (tertiary/aromatic N) is 3. The summed E-state index contributed by atoms with van der Waals surface area (Å²) < 4.78 is 3.39. The Morgan fingerprint density at radius 1 is 1.00 bits per heavy atom. The van der Waals surface area contributed by atoms with Crippen LogP contribution >= 0.6 is 0 Å². The highest BCUT2D eigenvalue weighted by Crippen LogP contribution is 2.29. The number of aryl methyl sites for hydroxylation is 4. The molecule has 2 aromatic carbocycles. The second-order valence-electron chi connectivity index (χ2n) is 8.32. The fraction of sp³-hybridized carbons (Fsp3) is 0.269. The normalized spacial score (nSPS) is 12.2. The van der Waals surface area contributed by atoms with E-state index in [2.05, 4.69) is 16.5 Å². The molecule has 164 valence electrons. The van der Waals surface area contributed by atoms with Gasteiger partial charge in [0.15, 0.2) is 0 Å². The van der Waals surface area contributed by atoms with Crippen molar-refractivity contribution in [2.75, 3.05) is 5.32 Å². The smallest absolute Gasteiger partial charge is 0.281 e. The highest BCUT2D eigenvalue weighted by atomic mass is 16.2. The molecule has 6 heteroatoms. The highest BCUT2D eigenvalue weighted by Gasteiger charge is 2.26. The van der Waals surface area contributed by atoms with Crippen LogP contribution in [0.2, 0.25) is 0 Å². The lowest BCUT2D eigenvalue weighted by Gasteiger charge is -2.21. The number of hydrogen-bond acceptors (Lipinski definition) is 3. The van der Waals surface area contributed by atoms with Gasteiger partial charge in [-0.1, -0.05) is 31.2 Å². The summed E-state index contributed by atoms with van der Waals surface area (Å²) in [5, 5.41) is 8.84. The van der Waals surface area contributed by atoms with E-state index >= 15 is 0 Å². The number of anilines is 1. The summed E-state index contributed by atoms with van der Waals surface area (Å²) in [5.74, 6) is -0.0969. The maximum atomic E-state index is 13.3. The van der Waals surface area contributed by atoms with E-state index in [0.717, 1.165) is 33.6 Å². The summed E-state index contributed by atoms with van der Waals surface area (Å²) in [6, 6.07) is 14.9. The molecular weight excluding hydrogens is 400 g/mol. The van der Waals surface area contributed by atoms with Gasteiger partial charge in [-0.25, -0.2) is 0 Å². The molecule has 0 spiro atoms. The number of aromatic nitrogens is 3. The number of rotatable bonds is 5. The van der Waals surface area contributed by atoms with Crippen molar-refractivity contribution in [2.24, 2.45) is 0 Å². The van der Waals surface area contributed by atoms with Gasteiger partial charge < -0.3 is 9.88 Å². The minimum absolute atomic E-state index is 0.0969. The monoisotopic (exact) mass is 428 g/mol. The molecule has 0 fully saturated rings. The van der Waals surface area contributed by atoms with Crippen LogP contribution in [0, 0.1) is 27.7 Å². The van der Waals surface area contributed by atoms with E-state index in [1.807, 2.05) is 81.7 Å². The summed E-state index contributed by atoms with van der Waals surface area (Å²) in [6.07, 6.45) is 2.32. The zero-order chi connectivity index (χ0) is 23.0. The Balaban J connectivity index is 1.79. The first kappa shape index (κ1) is 21.6. The lowest BCUT2D eigenvalue weighted by molar-refractivity contribution is -0.119. The standard InChI is InChI=1S/C26H28N4O2/c1-6-23(25(31)28-20-13-16(2)12-17(3)14-20)29-18(4)22-15-27-30(21-10-8-7-9-11-21)26(32)24(22)19(29)5/h7-15,23H,6H2,1-5H3,(H,28,31)/t23-/m1/s1. The van der Waals surface area contributed by atoms with Gasteiger partial charge in [-0.3, -0.25) is 9.59 Å². The first-order valence-electron chi connectivity index (χ1n) is 10.9. The third kappa shape index (κ3) is 3.73. The molecule has 0 radical (unpaired) electrons. The van der Waals surface area contributed by atoms with Gasteiger partial charge in [-0.15, -0.1) is 0 Å². The lowest BCUT2D eigenvalue weighted by Crippen LogP contribution is -2.27. The van der Waals surface area contributed by atoms with Crippen molar-refractivity contribution in [1.29, 1.82) is 0 Å². The Labute approximate surface area is 187 Å². The van der Waals surface area contributed by atoms with Gasteiger partial charge in [0.1, 0.15) is 6.04 Å². The highest BCUT2D eigenvalue weighted by molar-refractivity contribution is 5.95. The summed E-state index contributed by atoms with van der Waals surface area (Å²) in [5.41, 5.74) is 5.15. The molecule has 2 heterocycles. The minimum Gasteiger partial charge on any atom is -0.335 e. The Morgan fingerprint density at radius 3 is 2.28 bits per heavy atom. The maximum Gasteiger partial charge on any atom is 0.281 e. The minimum atomic E-state index is -0.437. The molecule has 0 aliphatic carbocycles. The molecule has 4 aromatic rings. The average molecular weight is 429 g/mol. The van der Waals surface area contributed by atoms with E-state index < -0.39 is 6.04 Å². The fourth-order valence-corrected chi connectivity index (χ4v) is 4.56. The average Bonchev–Trinajstić information content (AvgIpc) is 3.00. The van der Waals surface area contributed by atoms with E-state index in [1.165, 1.54) is 4.68 Å². The summed E-state index contributed by atoms with van der Waals surface area (Å²) in [6.45, 7) is 9.85. The Bertz CT molecular complexity index is 1350. The number of carbonyl (C=O) groups is 1. The van der Waals surface area contributed by atoms with Crippen LogP contribution < -0.4 is 10.9 Å².